The summed E-state index contributed by atoms with van der Waals surface area (Å²) in [4.78, 5) is 0. The Balaban J connectivity index is 2.32. The molecule has 1 aromatic rings. The number of hydrogen-bond acceptors (Lipinski definition) is 2. The Hall–Kier alpha value is -1.40. The van der Waals surface area contributed by atoms with Gasteiger partial charge in [0.25, 0.3) is 0 Å². The summed E-state index contributed by atoms with van der Waals surface area (Å²) in [5.41, 5.74) is 0.435. The SMILES string of the molecule is Cc1cc(C(O)C2(C#N)CCCC(C)C2)ccc1F. The molecule has 3 unspecified atom stereocenters. The van der Waals surface area contributed by atoms with Gasteiger partial charge in [0, 0.05) is 0 Å². The van der Waals surface area contributed by atoms with Crippen LogP contribution in [-0.2, 0) is 0 Å². The van der Waals surface area contributed by atoms with Crippen molar-refractivity contribution in [1.29, 1.82) is 5.26 Å². The summed E-state index contributed by atoms with van der Waals surface area (Å²) in [7, 11) is 0. The van der Waals surface area contributed by atoms with Crippen LogP contribution < -0.4 is 0 Å². The first-order valence-electron chi connectivity index (χ1n) is 6.84. The van der Waals surface area contributed by atoms with Crippen molar-refractivity contribution in [2.45, 2.75) is 45.6 Å². The summed E-state index contributed by atoms with van der Waals surface area (Å²) in [5.74, 6) is 0.170. The van der Waals surface area contributed by atoms with Gasteiger partial charge in [0.05, 0.1) is 17.6 Å². The van der Waals surface area contributed by atoms with E-state index in [1.807, 2.05) is 0 Å². The van der Waals surface area contributed by atoms with Gasteiger partial charge in [-0.3, -0.25) is 0 Å². The number of nitrogens with zero attached hydrogens (tertiary/aromatic N) is 1. The summed E-state index contributed by atoms with van der Waals surface area (Å²) in [6, 6.07) is 6.94. The van der Waals surface area contributed by atoms with Crippen LogP contribution in [0.15, 0.2) is 18.2 Å². The third kappa shape index (κ3) is 2.64. The molecule has 102 valence electrons. The molecule has 3 heteroatoms. The monoisotopic (exact) mass is 261 g/mol. The lowest BCUT2D eigenvalue weighted by atomic mass is 9.66. The van der Waals surface area contributed by atoms with Crippen LogP contribution in [0.25, 0.3) is 0 Å². The molecule has 0 aromatic heterocycles. The van der Waals surface area contributed by atoms with Crippen LogP contribution in [0.1, 0.15) is 49.8 Å². The van der Waals surface area contributed by atoms with Gasteiger partial charge in [0.15, 0.2) is 0 Å². The molecule has 0 bridgehead atoms. The maximum atomic E-state index is 13.3. The third-order valence-electron chi connectivity index (χ3n) is 4.28. The van der Waals surface area contributed by atoms with Gasteiger partial charge < -0.3 is 5.11 Å². The van der Waals surface area contributed by atoms with Crippen molar-refractivity contribution >= 4 is 0 Å². The molecule has 1 saturated carbocycles. The van der Waals surface area contributed by atoms with E-state index in [9.17, 15) is 14.8 Å². The highest BCUT2D eigenvalue weighted by molar-refractivity contribution is 5.29. The predicted octanol–water partition coefficient (Wildman–Crippen LogP) is 3.89. The van der Waals surface area contributed by atoms with Gasteiger partial charge in [-0.05, 0) is 42.9 Å². The minimum absolute atomic E-state index is 0.279. The van der Waals surface area contributed by atoms with Crippen LogP contribution in [0.4, 0.5) is 4.39 Å². The second-order valence-corrected chi connectivity index (χ2v) is 5.88. The predicted molar refractivity (Wildman–Crippen MR) is 71.8 cm³/mol. The van der Waals surface area contributed by atoms with E-state index in [4.69, 9.17) is 0 Å². The smallest absolute Gasteiger partial charge is 0.126 e. The van der Waals surface area contributed by atoms with E-state index in [0.29, 0.717) is 29.9 Å². The molecule has 2 rings (SSSR count). The minimum Gasteiger partial charge on any atom is -0.387 e. The molecule has 2 nitrogen and oxygen atoms in total. The van der Waals surface area contributed by atoms with Gasteiger partial charge >= 0.3 is 0 Å². The molecule has 1 aliphatic rings. The first-order chi connectivity index (χ1) is 8.98. The normalized spacial score (nSPS) is 28.7. The number of halogens is 1. The summed E-state index contributed by atoms with van der Waals surface area (Å²) in [6.45, 7) is 3.79. The van der Waals surface area contributed by atoms with Crippen molar-refractivity contribution in [3.8, 4) is 6.07 Å². The Labute approximate surface area is 113 Å². The molecular weight excluding hydrogens is 241 g/mol. The number of aryl methyl sites for hydroxylation is 1. The highest BCUT2D eigenvalue weighted by atomic mass is 19.1. The average Bonchev–Trinajstić information content (AvgIpc) is 2.41. The van der Waals surface area contributed by atoms with Crippen LogP contribution in [-0.4, -0.2) is 5.11 Å². The van der Waals surface area contributed by atoms with Crippen LogP contribution in [0, 0.1) is 35.4 Å². The molecule has 0 spiro atoms. The second-order valence-electron chi connectivity index (χ2n) is 5.88. The van der Waals surface area contributed by atoms with E-state index in [2.05, 4.69) is 13.0 Å². The maximum Gasteiger partial charge on any atom is 0.126 e. The molecule has 0 aliphatic heterocycles. The molecule has 1 N–H and O–H groups in total. The Bertz CT molecular complexity index is 508. The van der Waals surface area contributed by atoms with Crippen molar-refractivity contribution < 1.29 is 9.50 Å². The van der Waals surface area contributed by atoms with Gasteiger partial charge in [-0.2, -0.15) is 5.26 Å². The van der Waals surface area contributed by atoms with Crippen molar-refractivity contribution in [2.24, 2.45) is 11.3 Å². The van der Waals surface area contributed by atoms with E-state index in [0.717, 1.165) is 12.8 Å². The zero-order valence-electron chi connectivity index (χ0n) is 11.5. The van der Waals surface area contributed by atoms with E-state index in [-0.39, 0.29) is 5.82 Å². The van der Waals surface area contributed by atoms with Crippen LogP contribution in [0.5, 0.6) is 0 Å². The average molecular weight is 261 g/mol. The fourth-order valence-corrected chi connectivity index (χ4v) is 3.16. The second kappa shape index (κ2) is 5.30. The maximum absolute atomic E-state index is 13.3. The standard InChI is InChI=1S/C16H20FNO/c1-11-4-3-7-16(9-11,10-18)15(19)13-5-6-14(17)12(2)8-13/h5-6,8,11,15,19H,3-4,7,9H2,1-2H3. The van der Waals surface area contributed by atoms with Crippen LogP contribution in [0.2, 0.25) is 0 Å². The Morgan fingerprint density at radius 3 is 2.84 bits per heavy atom. The molecule has 0 saturated heterocycles. The topological polar surface area (TPSA) is 44.0 Å². The van der Waals surface area contributed by atoms with E-state index < -0.39 is 11.5 Å². The molecule has 0 amide bonds. The van der Waals surface area contributed by atoms with Crippen LogP contribution >= 0.6 is 0 Å². The van der Waals surface area contributed by atoms with E-state index in [1.165, 1.54) is 6.07 Å². The Morgan fingerprint density at radius 1 is 1.53 bits per heavy atom. The molecule has 0 radical (unpaired) electrons. The summed E-state index contributed by atoms with van der Waals surface area (Å²) in [5, 5.41) is 20.1. The fourth-order valence-electron chi connectivity index (χ4n) is 3.16. The van der Waals surface area contributed by atoms with Gasteiger partial charge in [-0.1, -0.05) is 31.9 Å². The number of aliphatic hydroxyl groups is 1. The number of nitriles is 1. The fraction of sp³-hybridized carbons (Fsp3) is 0.562. The first-order valence-corrected chi connectivity index (χ1v) is 6.84. The lowest BCUT2D eigenvalue weighted by Crippen LogP contribution is -2.33. The largest absolute Gasteiger partial charge is 0.387 e. The molecule has 1 aromatic carbocycles. The number of rotatable bonds is 2. The summed E-state index contributed by atoms with van der Waals surface area (Å²) < 4.78 is 13.3. The summed E-state index contributed by atoms with van der Waals surface area (Å²) >= 11 is 0. The number of hydrogen-bond donors (Lipinski definition) is 1. The van der Waals surface area contributed by atoms with Gasteiger partial charge in [-0.15, -0.1) is 0 Å². The van der Waals surface area contributed by atoms with Gasteiger partial charge in [-0.25, -0.2) is 4.39 Å². The number of benzene rings is 1. The summed E-state index contributed by atoms with van der Waals surface area (Å²) in [6.07, 6.45) is 2.66. The molecule has 1 fully saturated rings. The quantitative estimate of drug-likeness (QED) is 0.877. The molecule has 1 aliphatic carbocycles. The Kier molecular flexibility index (Phi) is 3.91. The molecule has 3 atom stereocenters. The lowest BCUT2D eigenvalue weighted by molar-refractivity contribution is 0.0218. The van der Waals surface area contributed by atoms with Crippen molar-refractivity contribution in [2.75, 3.05) is 0 Å². The van der Waals surface area contributed by atoms with E-state index in [1.54, 1.807) is 19.1 Å². The zero-order chi connectivity index (χ0) is 14.0. The van der Waals surface area contributed by atoms with Crippen molar-refractivity contribution in [3.05, 3.63) is 35.1 Å². The molecular formula is C16H20FNO. The highest BCUT2D eigenvalue weighted by Gasteiger charge is 2.42. The molecule has 0 heterocycles. The first kappa shape index (κ1) is 14.0. The van der Waals surface area contributed by atoms with Crippen molar-refractivity contribution in [3.63, 3.8) is 0 Å². The lowest BCUT2D eigenvalue weighted by Gasteiger charge is -2.38. The Morgan fingerprint density at radius 2 is 2.26 bits per heavy atom. The van der Waals surface area contributed by atoms with E-state index >= 15 is 0 Å². The van der Waals surface area contributed by atoms with Gasteiger partial charge in [0.1, 0.15) is 5.82 Å². The minimum atomic E-state index is -0.834. The third-order valence-corrected chi connectivity index (χ3v) is 4.28. The molecule has 19 heavy (non-hydrogen) atoms. The van der Waals surface area contributed by atoms with Gasteiger partial charge in [0.2, 0.25) is 0 Å². The van der Waals surface area contributed by atoms with Crippen molar-refractivity contribution in [1.82, 2.24) is 0 Å². The van der Waals surface area contributed by atoms with Crippen LogP contribution in [0.3, 0.4) is 0 Å². The number of aliphatic hydroxyl groups excluding tert-OH is 1. The highest BCUT2D eigenvalue weighted by Crippen LogP contribution is 2.47. The zero-order valence-corrected chi connectivity index (χ0v) is 11.5.